The molecule has 7 heteroatoms. The predicted octanol–water partition coefficient (Wildman–Crippen LogP) is 1.95. The minimum atomic E-state index is -0.534. The Labute approximate surface area is 103 Å². The lowest BCUT2D eigenvalue weighted by Crippen LogP contribution is -1.96. The first-order valence-corrected chi connectivity index (χ1v) is 4.93. The van der Waals surface area contributed by atoms with Crippen molar-refractivity contribution in [2.45, 2.75) is 6.92 Å². The Kier molecular flexibility index (Phi) is 4.67. The number of halogens is 1. The molecule has 0 unspecified atom stereocenters. The molecule has 0 amide bonds. The van der Waals surface area contributed by atoms with E-state index in [1.54, 1.807) is 0 Å². The molecule has 0 bridgehead atoms. The van der Waals surface area contributed by atoms with Gasteiger partial charge in [0.05, 0.1) is 11.1 Å². The Bertz CT molecular complexity index is 520. The van der Waals surface area contributed by atoms with E-state index in [0.717, 1.165) is 6.20 Å². The predicted molar refractivity (Wildman–Crippen MR) is 65.4 cm³/mol. The van der Waals surface area contributed by atoms with E-state index in [1.807, 2.05) is 0 Å². The fourth-order valence-electron chi connectivity index (χ4n) is 1.01. The van der Waals surface area contributed by atoms with E-state index in [2.05, 4.69) is 9.98 Å². The highest BCUT2D eigenvalue weighted by atomic mass is 19.1. The summed E-state index contributed by atoms with van der Waals surface area (Å²) in [6.45, 7) is 1.34. The van der Waals surface area contributed by atoms with Gasteiger partial charge in [0.15, 0.2) is 5.82 Å². The lowest BCUT2D eigenvalue weighted by molar-refractivity contribution is -0.424. The van der Waals surface area contributed by atoms with Gasteiger partial charge in [-0.05, 0) is 12.1 Å². The third-order valence-corrected chi connectivity index (χ3v) is 1.91. The first kappa shape index (κ1) is 13.5. The van der Waals surface area contributed by atoms with E-state index in [9.17, 15) is 14.5 Å². The van der Waals surface area contributed by atoms with Gasteiger partial charge in [0, 0.05) is 31.0 Å². The summed E-state index contributed by atoms with van der Waals surface area (Å²) in [4.78, 5) is 17.5. The second-order valence-corrected chi connectivity index (χ2v) is 3.30. The van der Waals surface area contributed by atoms with Gasteiger partial charge in [-0.25, -0.2) is 14.4 Å². The second kappa shape index (κ2) is 6.24. The molecule has 1 rings (SSSR count). The van der Waals surface area contributed by atoms with E-state index in [1.165, 1.54) is 37.5 Å². The molecule has 18 heavy (non-hydrogen) atoms. The number of allylic oxidation sites excluding steroid dienone is 3. The highest BCUT2D eigenvalue weighted by Gasteiger charge is 2.02. The maximum atomic E-state index is 12.6. The van der Waals surface area contributed by atoms with Crippen molar-refractivity contribution in [3.63, 3.8) is 0 Å². The van der Waals surface area contributed by atoms with Gasteiger partial charge in [-0.15, -0.1) is 0 Å². The number of aromatic nitrogens is 1. The highest BCUT2D eigenvalue weighted by molar-refractivity contribution is 5.83. The van der Waals surface area contributed by atoms with Crippen LogP contribution in [0.3, 0.4) is 0 Å². The van der Waals surface area contributed by atoms with Crippen molar-refractivity contribution >= 4 is 12.0 Å². The average Bonchev–Trinajstić information content (AvgIpc) is 2.35. The van der Waals surface area contributed by atoms with Crippen LogP contribution in [0.15, 0.2) is 46.9 Å². The van der Waals surface area contributed by atoms with E-state index >= 15 is 0 Å². The van der Waals surface area contributed by atoms with Gasteiger partial charge in [0.1, 0.15) is 5.82 Å². The molecule has 0 aromatic carbocycles. The van der Waals surface area contributed by atoms with Crippen LogP contribution in [0.2, 0.25) is 0 Å². The zero-order chi connectivity index (χ0) is 13.5. The van der Waals surface area contributed by atoms with Crippen LogP contribution in [-0.4, -0.2) is 16.1 Å². The van der Waals surface area contributed by atoms with Gasteiger partial charge < -0.3 is 5.73 Å². The lowest BCUT2D eigenvalue weighted by Gasteiger charge is -1.94. The maximum absolute atomic E-state index is 12.6. The normalized spacial score (nSPS) is 13.0. The molecule has 0 fully saturated rings. The van der Waals surface area contributed by atoms with Crippen LogP contribution in [0.4, 0.5) is 10.2 Å². The van der Waals surface area contributed by atoms with E-state index in [-0.39, 0.29) is 11.5 Å². The van der Waals surface area contributed by atoms with Crippen molar-refractivity contribution < 1.29 is 9.31 Å². The second-order valence-electron chi connectivity index (χ2n) is 3.30. The number of nitrogens with two attached hydrogens (primary N) is 1. The molecule has 0 spiro atoms. The van der Waals surface area contributed by atoms with E-state index in [4.69, 9.17) is 5.73 Å². The third-order valence-electron chi connectivity index (χ3n) is 1.91. The summed E-state index contributed by atoms with van der Waals surface area (Å²) < 4.78 is 12.6. The van der Waals surface area contributed by atoms with Gasteiger partial charge in [-0.2, -0.15) is 0 Å². The standard InChI is InChI=1S/C11H11FN4O2/c1-8(16(17)18)4-9(5-13)6-14-11-3-2-10(12)7-15-11/h2-7H,13H2,1H3/b8-4+,9-5-,14-6?. The molecule has 0 aliphatic carbocycles. The van der Waals surface area contributed by atoms with E-state index in [0.29, 0.717) is 5.57 Å². The summed E-state index contributed by atoms with van der Waals surface area (Å²) in [6, 6.07) is 2.59. The average molecular weight is 250 g/mol. The molecule has 1 aromatic rings. The largest absolute Gasteiger partial charge is 0.404 e. The van der Waals surface area contributed by atoms with Gasteiger partial charge in [-0.1, -0.05) is 0 Å². The smallest absolute Gasteiger partial charge is 0.243 e. The Morgan fingerprint density at radius 3 is 2.83 bits per heavy atom. The minimum Gasteiger partial charge on any atom is -0.404 e. The van der Waals surface area contributed by atoms with Crippen molar-refractivity contribution in [1.82, 2.24) is 4.98 Å². The Balaban J connectivity index is 2.85. The number of hydrogen-bond acceptors (Lipinski definition) is 5. The zero-order valence-electron chi connectivity index (χ0n) is 9.58. The highest BCUT2D eigenvalue weighted by Crippen LogP contribution is 2.08. The van der Waals surface area contributed by atoms with Crippen molar-refractivity contribution in [3.05, 3.63) is 57.8 Å². The molecule has 1 heterocycles. The van der Waals surface area contributed by atoms with Crippen molar-refractivity contribution in [2.75, 3.05) is 0 Å². The summed E-state index contributed by atoms with van der Waals surface area (Å²) in [5.74, 6) is -0.185. The SMILES string of the molecule is C/C(=C\C(C=Nc1ccc(F)cn1)=C\N)[N+](=O)[O-]. The van der Waals surface area contributed by atoms with Crippen LogP contribution in [-0.2, 0) is 0 Å². The zero-order valence-corrected chi connectivity index (χ0v) is 9.58. The molecule has 0 saturated heterocycles. The van der Waals surface area contributed by atoms with Crippen LogP contribution in [0.25, 0.3) is 0 Å². The number of pyridine rings is 1. The molecule has 94 valence electrons. The summed E-state index contributed by atoms with van der Waals surface area (Å²) in [6.07, 6.45) is 4.79. The number of aliphatic imine (C=N–C) groups is 1. The van der Waals surface area contributed by atoms with Crippen LogP contribution in [0, 0.1) is 15.9 Å². The van der Waals surface area contributed by atoms with Crippen molar-refractivity contribution in [1.29, 1.82) is 0 Å². The molecule has 0 radical (unpaired) electrons. The Morgan fingerprint density at radius 1 is 1.61 bits per heavy atom. The maximum Gasteiger partial charge on any atom is 0.243 e. The third kappa shape index (κ3) is 4.12. The van der Waals surface area contributed by atoms with Gasteiger partial charge in [0.25, 0.3) is 0 Å². The molecule has 6 nitrogen and oxygen atoms in total. The van der Waals surface area contributed by atoms with Gasteiger partial charge in [0.2, 0.25) is 5.70 Å². The summed E-state index contributed by atoms with van der Waals surface area (Å²) in [5, 5.41) is 10.4. The number of nitro groups is 1. The molecule has 0 aliphatic rings. The lowest BCUT2D eigenvalue weighted by atomic mass is 10.2. The molecule has 0 saturated carbocycles. The van der Waals surface area contributed by atoms with Crippen molar-refractivity contribution in [2.24, 2.45) is 10.7 Å². The monoisotopic (exact) mass is 250 g/mol. The first-order valence-electron chi connectivity index (χ1n) is 4.93. The fourth-order valence-corrected chi connectivity index (χ4v) is 1.01. The van der Waals surface area contributed by atoms with Crippen LogP contribution in [0.1, 0.15) is 6.92 Å². The molecule has 0 aliphatic heterocycles. The molecule has 1 aromatic heterocycles. The summed E-state index contributed by atoms with van der Waals surface area (Å²) >= 11 is 0. The molecular formula is C11H11FN4O2. The van der Waals surface area contributed by atoms with Crippen LogP contribution in [0.5, 0.6) is 0 Å². The quantitative estimate of drug-likeness (QED) is 0.382. The van der Waals surface area contributed by atoms with Crippen molar-refractivity contribution in [3.8, 4) is 0 Å². The van der Waals surface area contributed by atoms with Gasteiger partial charge in [-0.3, -0.25) is 10.1 Å². The molecule has 0 atom stereocenters. The topological polar surface area (TPSA) is 94.4 Å². The number of hydrogen-bond donors (Lipinski definition) is 1. The summed E-state index contributed by atoms with van der Waals surface area (Å²) in [5.41, 5.74) is 5.60. The molecule has 2 N–H and O–H groups in total. The van der Waals surface area contributed by atoms with E-state index < -0.39 is 10.7 Å². The van der Waals surface area contributed by atoms with Gasteiger partial charge >= 0.3 is 0 Å². The Hall–Kier alpha value is -2.57. The van der Waals surface area contributed by atoms with Crippen LogP contribution < -0.4 is 5.73 Å². The Morgan fingerprint density at radius 2 is 2.33 bits per heavy atom. The fraction of sp³-hybridized carbons (Fsp3) is 0.0909. The molecular weight excluding hydrogens is 239 g/mol. The summed E-state index contributed by atoms with van der Waals surface area (Å²) in [7, 11) is 0. The number of rotatable bonds is 4. The minimum absolute atomic E-state index is 0.0646. The first-order chi connectivity index (χ1) is 8.52. The number of nitrogens with zero attached hydrogens (tertiary/aromatic N) is 3. The van der Waals surface area contributed by atoms with Crippen LogP contribution >= 0.6 is 0 Å².